The lowest BCUT2D eigenvalue weighted by atomic mass is 9.99. The number of hydrogen-bond acceptors (Lipinski definition) is 8. The molecule has 52 heavy (non-hydrogen) atoms. The summed E-state index contributed by atoms with van der Waals surface area (Å²) < 4.78 is 11.0. The molecule has 0 radical (unpaired) electrons. The average molecular weight is 742 g/mol. The van der Waals surface area contributed by atoms with Crippen LogP contribution in [0.5, 0.6) is 0 Å². The summed E-state index contributed by atoms with van der Waals surface area (Å²) in [5.41, 5.74) is 0. The van der Waals surface area contributed by atoms with Crippen molar-refractivity contribution in [2.24, 2.45) is 0 Å². The van der Waals surface area contributed by atoms with Crippen LogP contribution < -0.4 is 5.32 Å². The first-order chi connectivity index (χ1) is 25.3. The summed E-state index contributed by atoms with van der Waals surface area (Å²) in [5, 5.41) is 53.2. The maximum Gasteiger partial charge on any atom is 0.220 e. The highest BCUT2D eigenvalue weighted by Crippen LogP contribution is 2.22. The van der Waals surface area contributed by atoms with E-state index in [1.165, 1.54) is 154 Å². The van der Waals surface area contributed by atoms with Gasteiger partial charge in [-0.1, -0.05) is 187 Å². The van der Waals surface area contributed by atoms with Gasteiger partial charge < -0.3 is 40.3 Å². The van der Waals surface area contributed by atoms with Crippen molar-refractivity contribution in [1.82, 2.24) is 5.32 Å². The minimum Gasteiger partial charge on any atom is -0.394 e. The van der Waals surface area contributed by atoms with Crippen LogP contribution in [0.25, 0.3) is 0 Å². The lowest BCUT2D eigenvalue weighted by Crippen LogP contribution is -2.60. The van der Waals surface area contributed by atoms with Gasteiger partial charge in [0.2, 0.25) is 5.91 Å². The number of carbonyl (C=O) groups is 1. The Bertz CT molecular complexity index is 827. The molecule has 0 aromatic heterocycles. The number of unbranched alkanes of at least 4 members (excludes halogenated alkanes) is 26. The molecule has 1 aliphatic heterocycles. The van der Waals surface area contributed by atoms with Gasteiger partial charge in [-0.25, -0.2) is 0 Å². The van der Waals surface area contributed by atoms with Gasteiger partial charge in [0.25, 0.3) is 0 Å². The molecule has 7 atom stereocenters. The highest BCUT2D eigenvalue weighted by molar-refractivity contribution is 5.76. The third-order valence-electron chi connectivity index (χ3n) is 10.6. The molecule has 1 aliphatic rings. The molecule has 0 spiro atoms. The van der Waals surface area contributed by atoms with Crippen molar-refractivity contribution in [3.63, 3.8) is 0 Å². The summed E-state index contributed by atoms with van der Waals surface area (Å²) >= 11 is 0. The molecule has 1 amide bonds. The van der Waals surface area contributed by atoms with Crippen LogP contribution in [0.2, 0.25) is 0 Å². The standard InChI is InChI=1S/C43H83NO8/c1-3-5-6-7-8-9-10-11-12-13-14-15-16-17-18-19-20-21-22-23-24-25-26-27-28-29-30-31-33-37(46)36(44-39(47)32-4-2)35-51-43-42(50)41(49)40(48)38(34-45)52-43/h31,33,36-38,40-43,45-46,48-50H,3-30,32,34-35H2,1-2H3,(H,44,47)/b33-31+. The summed E-state index contributed by atoms with van der Waals surface area (Å²) in [6, 6.07) is -0.795. The van der Waals surface area contributed by atoms with E-state index in [1.54, 1.807) is 6.08 Å². The first-order valence-corrected chi connectivity index (χ1v) is 21.9. The zero-order chi connectivity index (χ0) is 38.1. The van der Waals surface area contributed by atoms with E-state index in [2.05, 4.69) is 12.2 Å². The summed E-state index contributed by atoms with van der Waals surface area (Å²) in [4.78, 5) is 12.3. The normalized spacial score (nSPS) is 21.9. The van der Waals surface area contributed by atoms with E-state index in [0.717, 1.165) is 19.3 Å². The lowest BCUT2D eigenvalue weighted by Gasteiger charge is -2.40. The topological polar surface area (TPSA) is 149 Å². The molecule has 308 valence electrons. The van der Waals surface area contributed by atoms with Gasteiger partial charge >= 0.3 is 0 Å². The van der Waals surface area contributed by atoms with Crippen molar-refractivity contribution in [2.75, 3.05) is 13.2 Å². The minimum atomic E-state index is -1.56. The van der Waals surface area contributed by atoms with Crippen LogP contribution >= 0.6 is 0 Å². The van der Waals surface area contributed by atoms with E-state index in [4.69, 9.17) is 9.47 Å². The third-order valence-corrected chi connectivity index (χ3v) is 10.6. The Morgan fingerprint density at radius 3 is 1.46 bits per heavy atom. The Kier molecular flexibility index (Phi) is 32.4. The zero-order valence-corrected chi connectivity index (χ0v) is 33.6. The zero-order valence-electron chi connectivity index (χ0n) is 33.6. The molecule has 0 aromatic rings. The molecule has 0 saturated carbocycles. The fourth-order valence-electron chi connectivity index (χ4n) is 7.08. The molecule has 9 heteroatoms. The average Bonchev–Trinajstić information content (AvgIpc) is 3.14. The van der Waals surface area contributed by atoms with Gasteiger partial charge in [-0.2, -0.15) is 0 Å². The Balaban J connectivity index is 2.01. The van der Waals surface area contributed by atoms with Crippen molar-refractivity contribution < 1.29 is 39.8 Å². The Hall–Kier alpha value is -1.07. The van der Waals surface area contributed by atoms with Gasteiger partial charge in [0, 0.05) is 6.42 Å². The van der Waals surface area contributed by atoms with Gasteiger partial charge in [0.15, 0.2) is 6.29 Å². The first kappa shape index (κ1) is 48.9. The summed E-state index contributed by atoms with van der Waals surface area (Å²) in [6.45, 7) is 3.42. The fraction of sp³-hybridized carbons (Fsp3) is 0.930. The highest BCUT2D eigenvalue weighted by Gasteiger charge is 2.44. The monoisotopic (exact) mass is 742 g/mol. The molecule has 1 fully saturated rings. The van der Waals surface area contributed by atoms with E-state index in [-0.39, 0.29) is 12.5 Å². The Morgan fingerprint density at radius 2 is 1.06 bits per heavy atom. The van der Waals surface area contributed by atoms with Gasteiger partial charge in [-0.15, -0.1) is 0 Å². The van der Waals surface area contributed by atoms with Crippen molar-refractivity contribution in [3.05, 3.63) is 12.2 Å². The van der Waals surface area contributed by atoms with Gasteiger partial charge in [0.1, 0.15) is 24.4 Å². The number of hydrogen-bond donors (Lipinski definition) is 6. The van der Waals surface area contributed by atoms with Crippen LogP contribution in [0, 0.1) is 0 Å². The van der Waals surface area contributed by atoms with E-state index < -0.39 is 49.5 Å². The van der Waals surface area contributed by atoms with Crippen LogP contribution in [0.3, 0.4) is 0 Å². The molecule has 0 aromatic carbocycles. The Morgan fingerprint density at radius 1 is 0.635 bits per heavy atom. The second kappa shape index (κ2) is 34.4. The largest absolute Gasteiger partial charge is 0.394 e. The molecule has 9 nitrogen and oxygen atoms in total. The van der Waals surface area contributed by atoms with Crippen LogP contribution in [0.1, 0.15) is 200 Å². The van der Waals surface area contributed by atoms with E-state index in [0.29, 0.717) is 12.8 Å². The number of nitrogens with one attached hydrogen (secondary N) is 1. The van der Waals surface area contributed by atoms with Crippen molar-refractivity contribution in [2.45, 2.75) is 243 Å². The predicted octanol–water partition coefficient (Wildman–Crippen LogP) is 8.56. The quantitative estimate of drug-likeness (QED) is 0.0277. The SMILES string of the molecule is CCCCCCCCCCCCCCCCCCCCCCCCCCCC/C=C/C(O)C(COC1OC(CO)C(O)C(O)C1O)NC(=O)CCC. The number of amides is 1. The van der Waals surface area contributed by atoms with E-state index >= 15 is 0 Å². The summed E-state index contributed by atoms with van der Waals surface area (Å²) in [7, 11) is 0. The van der Waals surface area contributed by atoms with Crippen LogP contribution in [-0.4, -0.2) is 87.5 Å². The van der Waals surface area contributed by atoms with Crippen molar-refractivity contribution in [1.29, 1.82) is 0 Å². The van der Waals surface area contributed by atoms with E-state index in [1.807, 2.05) is 13.0 Å². The molecule has 1 heterocycles. The first-order valence-electron chi connectivity index (χ1n) is 21.9. The van der Waals surface area contributed by atoms with Crippen LogP contribution in [-0.2, 0) is 14.3 Å². The smallest absolute Gasteiger partial charge is 0.220 e. The van der Waals surface area contributed by atoms with Crippen LogP contribution in [0.15, 0.2) is 12.2 Å². The maximum absolute atomic E-state index is 12.3. The summed E-state index contributed by atoms with van der Waals surface area (Å²) in [5.74, 6) is -0.229. The van der Waals surface area contributed by atoms with Gasteiger partial charge in [0.05, 0.1) is 25.4 Å². The minimum absolute atomic E-state index is 0.191. The Labute approximate surface area is 318 Å². The highest BCUT2D eigenvalue weighted by atomic mass is 16.7. The van der Waals surface area contributed by atoms with E-state index in [9.17, 15) is 30.3 Å². The fourth-order valence-corrected chi connectivity index (χ4v) is 7.08. The molecular weight excluding hydrogens is 658 g/mol. The maximum atomic E-state index is 12.3. The molecule has 1 rings (SSSR count). The molecule has 1 saturated heterocycles. The third kappa shape index (κ3) is 25.1. The molecule has 6 N–H and O–H groups in total. The van der Waals surface area contributed by atoms with Crippen molar-refractivity contribution >= 4 is 5.91 Å². The number of ether oxygens (including phenoxy) is 2. The summed E-state index contributed by atoms with van der Waals surface area (Å²) in [6.07, 6.45) is 33.1. The van der Waals surface area contributed by atoms with Crippen LogP contribution in [0.4, 0.5) is 0 Å². The second-order valence-corrected chi connectivity index (χ2v) is 15.5. The molecule has 7 unspecified atom stereocenters. The molecular formula is C43H83NO8. The molecule has 0 bridgehead atoms. The van der Waals surface area contributed by atoms with Crippen molar-refractivity contribution in [3.8, 4) is 0 Å². The number of aliphatic hydroxyl groups excluding tert-OH is 5. The van der Waals surface area contributed by atoms with Gasteiger partial charge in [-0.3, -0.25) is 4.79 Å². The lowest BCUT2D eigenvalue weighted by molar-refractivity contribution is -0.302. The second-order valence-electron chi connectivity index (χ2n) is 15.5. The number of rotatable bonds is 36. The van der Waals surface area contributed by atoms with Gasteiger partial charge in [-0.05, 0) is 19.3 Å². The number of carbonyl (C=O) groups excluding carboxylic acids is 1. The number of allylic oxidation sites excluding steroid dienone is 1. The predicted molar refractivity (Wildman–Crippen MR) is 212 cm³/mol. The molecule has 0 aliphatic carbocycles. The number of aliphatic hydroxyl groups is 5.